The summed E-state index contributed by atoms with van der Waals surface area (Å²) in [6.07, 6.45) is 0. The van der Waals surface area contributed by atoms with Gasteiger partial charge in [-0.2, -0.15) is 17.0 Å². The highest BCUT2D eigenvalue weighted by molar-refractivity contribution is 7.86. The number of halogens is 1. The molecule has 10 heteroatoms. The molecule has 1 aromatic rings. The third kappa shape index (κ3) is 4.24. The van der Waals surface area contributed by atoms with E-state index in [0.29, 0.717) is 50.6 Å². The van der Waals surface area contributed by atoms with Crippen molar-refractivity contribution in [1.82, 2.24) is 13.5 Å². The molecule has 0 radical (unpaired) electrons. The first kappa shape index (κ1) is 19.9. The van der Waals surface area contributed by atoms with Crippen LogP contribution in [0.1, 0.15) is 10.4 Å². The molecule has 2 heterocycles. The van der Waals surface area contributed by atoms with Crippen molar-refractivity contribution in [1.29, 1.82) is 0 Å². The lowest BCUT2D eigenvalue weighted by Gasteiger charge is -2.37. The third-order valence-corrected chi connectivity index (χ3v) is 6.38. The molecule has 140 valence electrons. The Labute approximate surface area is 154 Å². The quantitative estimate of drug-likeness (QED) is 0.734. The number of hydrogen-bond donors (Lipinski definition) is 1. The zero-order valence-electron chi connectivity index (χ0n) is 13.8. The summed E-state index contributed by atoms with van der Waals surface area (Å²) in [7, 11) is -3.48. The number of morpholine rings is 1. The van der Waals surface area contributed by atoms with Crippen LogP contribution in [0.4, 0.5) is 5.69 Å². The van der Waals surface area contributed by atoms with Crippen LogP contribution in [0.25, 0.3) is 0 Å². The number of nitrogens with two attached hydrogens (primary N) is 1. The van der Waals surface area contributed by atoms with E-state index in [1.807, 2.05) is 0 Å². The molecule has 2 fully saturated rings. The Morgan fingerprint density at radius 2 is 1.52 bits per heavy atom. The molecule has 0 aliphatic carbocycles. The summed E-state index contributed by atoms with van der Waals surface area (Å²) in [4.78, 5) is 14.2. The Morgan fingerprint density at radius 1 is 0.960 bits per heavy atom. The molecule has 1 aromatic carbocycles. The molecule has 2 saturated heterocycles. The molecule has 2 aliphatic heterocycles. The number of para-hydroxylation sites is 1. The van der Waals surface area contributed by atoms with Crippen molar-refractivity contribution in [3.8, 4) is 0 Å². The van der Waals surface area contributed by atoms with Gasteiger partial charge in [-0.25, -0.2) is 0 Å². The van der Waals surface area contributed by atoms with Gasteiger partial charge in [-0.3, -0.25) is 4.79 Å². The summed E-state index contributed by atoms with van der Waals surface area (Å²) in [5, 5.41) is 0. The Balaban J connectivity index is 0.00000225. The van der Waals surface area contributed by atoms with Crippen LogP contribution in [0.3, 0.4) is 0 Å². The fraction of sp³-hybridized carbons (Fsp3) is 0.533. The number of ether oxygens (including phenoxy) is 1. The molecular weight excluding hydrogens is 368 g/mol. The SMILES string of the molecule is Cl.Nc1ccccc1C(=O)N1CCN(S(=O)(=O)N2CCOCC2)CC1. The van der Waals surface area contributed by atoms with Crippen LogP contribution < -0.4 is 5.73 Å². The molecule has 0 atom stereocenters. The van der Waals surface area contributed by atoms with Gasteiger partial charge in [0.25, 0.3) is 16.1 Å². The predicted octanol–water partition coefficient (Wildman–Crippen LogP) is 0.0254. The fourth-order valence-corrected chi connectivity index (χ4v) is 4.49. The van der Waals surface area contributed by atoms with Crippen LogP contribution in [0, 0.1) is 0 Å². The first-order valence-electron chi connectivity index (χ1n) is 7.97. The number of rotatable bonds is 3. The number of anilines is 1. The summed E-state index contributed by atoms with van der Waals surface area (Å²) in [5.74, 6) is -0.156. The smallest absolute Gasteiger partial charge is 0.282 e. The molecule has 0 saturated carbocycles. The maximum Gasteiger partial charge on any atom is 0.282 e. The number of carbonyl (C=O) groups is 1. The lowest BCUT2D eigenvalue weighted by atomic mass is 10.1. The van der Waals surface area contributed by atoms with Gasteiger partial charge in [0.2, 0.25) is 0 Å². The highest BCUT2D eigenvalue weighted by Gasteiger charge is 2.34. The second-order valence-electron chi connectivity index (χ2n) is 5.80. The molecule has 0 bridgehead atoms. The highest BCUT2D eigenvalue weighted by Crippen LogP contribution is 2.18. The molecule has 0 aromatic heterocycles. The van der Waals surface area contributed by atoms with E-state index in [-0.39, 0.29) is 31.4 Å². The highest BCUT2D eigenvalue weighted by atomic mass is 35.5. The average molecular weight is 391 g/mol. The summed E-state index contributed by atoms with van der Waals surface area (Å²) < 4.78 is 33.3. The van der Waals surface area contributed by atoms with Gasteiger partial charge in [-0.1, -0.05) is 12.1 Å². The predicted molar refractivity (Wildman–Crippen MR) is 96.9 cm³/mol. The molecule has 2 aliphatic rings. The van der Waals surface area contributed by atoms with E-state index in [4.69, 9.17) is 10.5 Å². The Morgan fingerprint density at radius 3 is 2.12 bits per heavy atom. The van der Waals surface area contributed by atoms with Gasteiger partial charge in [-0.15, -0.1) is 12.4 Å². The minimum absolute atomic E-state index is 0. The van der Waals surface area contributed by atoms with Crippen LogP contribution in [-0.2, 0) is 14.9 Å². The maximum atomic E-state index is 12.6. The van der Waals surface area contributed by atoms with Gasteiger partial charge in [0, 0.05) is 45.0 Å². The van der Waals surface area contributed by atoms with Crippen LogP contribution in [0.15, 0.2) is 24.3 Å². The normalized spacial score (nSPS) is 20.1. The molecule has 25 heavy (non-hydrogen) atoms. The van der Waals surface area contributed by atoms with Gasteiger partial charge in [-0.05, 0) is 12.1 Å². The fourth-order valence-electron chi connectivity index (χ4n) is 2.92. The second-order valence-corrected chi connectivity index (χ2v) is 7.73. The monoisotopic (exact) mass is 390 g/mol. The molecule has 0 unspecified atom stereocenters. The van der Waals surface area contributed by atoms with Crippen LogP contribution in [-0.4, -0.2) is 80.3 Å². The average Bonchev–Trinajstić information content (AvgIpc) is 2.62. The third-order valence-electron chi connectivity index (χ3n) is 4.34. The first-order valence-corrected chi connectivity index (χ1v) is 9.36. The van der Waals surface area contributed by atoms with Gasteiger partial charge >= 0.3 is 0 Å². The van der Waals surface area contributed by atoms with E-state index in [9.17, 15) is 13.2 Å². The summed E-state index contributed by atoms with van der Waals surface area (Å²) >= 11 is 0. The number of nitrogens with zero attached hydrogens (tertiary/aromatic N) is 3. The lowest BCUT2D eigenvalue weighted by molar-refractivity contribution is 0.0637. The molecular formula is C15H23ClN4O4S. The molecule has 2 N–H and O–H groups in total. The van der Waals surface area contributed by atoms with Crippen molar-refractivity contribution in [3.05, 3.63) is 29.8 Å². The molecule has 8 nitrogen and oxygen atoms in total. The summed E-state index contributed by atoms with van der Waals surface area (Å²) in [6.45, 7) is 2.89. The van der Waals surface area contributed by atoms with Crippen LogP contribution >= 0.6 is 12.4 Å². The van der Waals surface area contributed by atoms with Gasteiger partial charge in [0.15, 0.2) is 0 Å². The summed E-state index contributed by atoms with van der Waals surface area (Å²) in [5.41, 5.74) is 6.75. The van der Waals surface area contributed by atoms with E-state index >= 15 is 0 Å². The van der Waals surface area contributed by atoms with Crippen LogP contribution in [0.2, 0.25) is 0 Å². The lowest BCUT2D eigenvalue weighted by Crippen LogP contribution is -2.55. The number of piperazine rings is 1. The standard InChI is InChI=1S/C15H22N4O4S.ClH/c16-14-4-2-1-3-13(14)15(20)17-5-7-18(8-6-17)24(21,22)19-9-11-23-12-10-19;/h1-4H,5-12,16H2;1H. The van der Waals surface area contributed by atoms with Crippen molar-refractivity contribution in [2.45, 2.75) is 0 Å². The number of carbonyl (C=O) groups excluding carboxylic acids is 1. The van der Waals surface area contributed by atoms with E-state index in [1.165, 1.54) is 8.61 Å². The van der Waals surface area contributed by atoms with Crippen molar-refractivity contribution in [2.24, 2.45) is 0 Å². The van der Waals surface area contributed by atoms with Gasteiger partial charge in [0.1, 0.15) is 0 Å². The second kappa shape index (κ2) is 8.33. The van der Waals surface area contributed by atoms with E-state index in [2.05, 4.69) is 0 Å². The largest absolute Gasteiger partial charge is 0.398 e. The number of hydrogen-bond acceptors (Lipinski definition) is 5. The summed E-state index contributed by atoms with van der Waals surface area (Å²) in [6, 6.07) is 6.92. The first-order chi connectivity index (χ1) is 11.5. The van der Waals surface area contributed by atoms with Crippen molar-refractivity contribution < 1.29 is 17.9 Å². The Bertz CT molecular complexity index is 701. The molecule has 0 spiro atoms. The minimum Gasteiger partial charge on any atom is -0.398 e. The zero-order chi connectivity index (χ0) is 17.2. The van der Waals surface area contributed by atoms with E-state index < -0.39 is 10.2 Å². The van der Waals surface area contributed by atoms with Gasteiger partial charge in [0.05, 0.1) is 18.8 Å². The topological polar surface area (TPSA) is 96.2 Å². The molecule has 3 rings (SSSR count). The number of nitrogen functional groups attached to an aromatic ring is 1. The Hall–Kier alpha value is -1.39. The van der Waals surface area contributed by atoms with Crippen molar-refractivity contribution in [3.63, 3.8) is 0 Å². The maximum absolute atomic E-state index is 12.6. The van der Waals surface area contributed by atoms with Crippen molar-refractivity contribution >= 4 is 34.2 Å². The van der Waals surface area contributed by atoms with E-state index in [0.717, 1.165) is 0 Å². The van der Waals surface area contributed by atoms with E-state index in [1.54, 1.807) is 29.2 Å². The van der Waals surface area contributed by atoms with Crippen molar-refractivity contribution in [2.75, 3.05) is 58.2 Å². The molecule has 1 amide bonds. The zero-order valence-corrected chi connectivity index (χ0v) is 15.5. The Kier molecular flexibility index (Phi) is 6.64. The number of benzene rings is 1. The minimum atomic E-state index is -3.48. The number of amides is 1. The van der Waals surface area contributed by atoms with Gasteiger partial charge < -0.3 is 15.4 Å². The van der Waals surface area contributed by atoms with Crippen LogP contribution in [0.5, 0.6) is 0 Å².